The average molecular weight is 303 g/mol. The van der Waals surface area contributed by atoms with Gasteiger partial charge in [-0.2, -0.15) is 0 Å². The Hall–Kier alpha value is -1.76. The highest BCUT2D eigenvalue weighted by Gasteiger charge is 2.28. The van der Waals surface area contributed by atoms with Gasteiger partial charge < -0.3 is 15.7 Å². The lowest BCUT2D eigenvalue weighted by atomic mass is 10.1. The highest BCUT2D eigenvalue weighted by molar-refractivity contribution is 7.15. The zero-order chi connectivity index (χ0) is 14.7. The minimum Gasteiger partial charge on any atom is -0.392 e. The van der Waals surface area contributed by atoms with E-state index in [9.17, 15) is 9.90 Å². The second-order valence-electron chi connectivity index (χ2n) is 5.13. The third-order valence-corrected chi connectivity index (χ3v) is 4.34. The molecule has 2 atom stereocenters. The van der Waals surface area contributed by atoms with Gasteiger partial charge in [0, 0.05) is 24.0 Å². The molecule has 21 heavy (non-hydrogen) atoms. The Morgan fingerprint density at radius 1 is 1.43 bits per heavy atom. The summed E-state index contributed by atoms with van der Waals surface area (Å²) in [5.41, 5.74) is 1.22. The lowest BCUT2D eigenvalue weighted by molar-refractivity contribution is -0.117. The van der Waals surface area contributed by atoms with Gasteiger partial charge in [0.05, 0.1) is 12.1 Å². The third-order valence-electron chi connectivity index (χ3n) is 3.43. The Morgan fingerprint density at radius 2 is 2.24 bits per heavy atom. The maximum atomic E-state index is 12.0. The van der Waals surface area contributed by atoms with Gasteiger partial charge in [-0.05, 0) is 12.0 Å². The van der Waals surface area contributed by atoms with E-state index < -0.39 is 6.10 Å². The summed E-state index contributed by atoms with van der Waals surface area (Å²) in [5, 5.41) is 15.8. The fraction of sp³-hybridized carbons (Fsp3) is 0.333. The number of β-amino-alcohol motifs (C(OH)–C–C–N with tert-alkyl or cyclic N) is 1. The number of hydrogen-bond donors (Lipinski definition) is 3. The van der Waals surface area contributed by atoms with Crippen molar-refractivity contribution < 1.29 is 9.90 Å². The Kier molecular flexibility index (Phi) is 4.28. The first-order valence-electron chi connectivity index (χ1n) is 6.91. The maximum absolute atomic E-state index is 12.0. The standard InChI is InChI=1S/C15H17N3O2S/c19-11-7-13(16-8-11)14(20)18-15-17-9-12(21-15)6-10-4-2-1-3-5-10/h1-5,9,11,13,16,19H,6-8H2,(H,17,18,20). The number of aromatic nitrogens is 1. The van der Waals surface area contributed by atoms with Crippen LogP contribution in [0.25, 0.3) is 0 Å². The van der Waals surface area contributed by atoms with Crippen molar-refractivity contribution in [2.75, 3.05) is 11.9 Å². The largest absolute Gasteiger partial charge is 0.392 e. The van der Waals surface area contributed by atoms with Crippen LogP contribution in [-0.4, -0.2) is 34.7 Å². The van der Waals surface area contributed by atoms with Crippen molar-refractivity contribution in [3.63, 3.8) is 0 Å². The second kappa shape index (κ2) is 6.34. The molecule has 2 aromatic rings. The van der Waals surface area contributed by atoms with Crippen LogP contribution in [0, 0.1) is 0 Å². The number of nitrogens with one attached hydrogen (secondary N) is 2. The van der Waals surface area contributed by atoms with E-state index >= 15 is 0 Å². The molecule has 1 amide bonds. The molecule has 5 nitrogen and oxygen atoms in total. The number of hydrogen-bond acceptors (Lipinski definition) is 5. The maximum Gasteiger partial charge on any atom is 0.243 e. The van der Waals surface area contributed by atoms with E-state index in [1.165, 1.54) is 16.9 Å². The van der Waals surface area contributed by atoms with Gasteiger partial charge in [0.25, 0.3) is 0 Å². The van der Waals surface area contributed by atoms with E-state index in [0.717, 1.165) is 11.3 Å². The van der Waals surface area contributed by atoms with Crippen molar-refractivity contribution in [2.45, 2.75) is 25.0 Å². The lowest BCUT2D eigenvalue weighted by Gasteiger charge is -2.08. The summed E-state index contributed by atoms with van der Waals surface area (Å²) < 4.78 is 0. The predicted molar refractivity (Wildman–Crippen MR) is 82.4 cm³/mol. The molecular weight excluding hydrogens is 286 g/mol. The van der Waals surface area contributed by atoms with Gasteiger partial charge in [0.15, 0.2) is 5.13 Å². The number of nitrogens with zero attached hydrogens (tertiary/aromatic N) is 1. The molecular formula is C15H17N3O2S. The van der Waals surface area contributed by atoms with Crippen LogP contribution in [0.15, 0.2) is 36.5 Å². The molecule has 0 radical (unpaired) electrons. The molecule has 0 aliphatic carbocycles. The molecule has 2 heterocycles. The monoisotopic (exact) mass is 303 g/mol. The van der Waals surface area contributed by atoms with Crippen molar-refractivity contribution in [2.24, 2.45) is 0 Å². The number of rotatable bonds is 4. The molecule has 1 aliphatic rings. The predicted octanol–water partition coefficient (Wildman–Crippen LogP) is 1.40. The van der Waals surface area contributed by atoms with Crippen molar-refractivity contribution in [1.29, 1.82) is 0 Å². The Balaban J connectivity index is 1.59. The number of anilines is 1. The fourth-order valence-corrected chi connectivity index (χ4v) is 3.20. The van der Waals surface area contributed by atoms with Crippen LogP contribution in [0.4, 0.5) is 5.13 Å². The molecule has 0 saturated carbocycles. The summed E-state index contributed by atoms with van der Waals surface area (Å²) in [6, 6.07) is 9.82. The molecule has 1 fully saturated rings. The van der Waals surface area contributed by atoms with Crippen molar-refractivity contribution >= 4 is 22.4 Å². The first-order valence-corrected chi connectivity index (χ1v) is 7.73. The van der Waals surface area contributed by atoms with E-state index in [4.69, 9.17) is 0 Å². The summed E-state index contributed by atoms with van der Waals surface area (Å²) >= 11 is 1.48. The first-order chi connectivity index (χ1) is 10.2. The molecule has 1 aromatic heterocycles. The Bertz CT molecular complexity index is 614. The molecule has 6 heteroatoms. The second-order valence-corrected chi connectivity index (χ2v) is 6.25. The van der Waals surface area contributed by atoms with Crippen LogP contribution < -0.4 is 10.6 Å². The van der Waals surface area contributed by atoms with Gasteiger partial charge in [0.2, 0.25) is 5.91 Å². The van der Waals surface area contributed by atoms with Crippen LogP contribution in [-0.2, 0) is 11.2 Å². The van der Waals surface area contributed by atoms with E-state index in [1.807, 2.05) is 18.2 Å². The number of benzene rings is 1. The summed E-state index contributed by atoms with van der Waals surface area (Å²) in [6.45, 7) is 0.467. The van der Waals surface area contributed by atoms with Crippen LogP contribution in [0.2, 0.25) is 0 Å². The smallest absolute Gasteiger partial charge is 0.243 e. The van der Waals surface area contributed by atoms with Crippen LogP contribution in [0.3, 0.4) is 0 Å². The van der Waals surface area contributed by atoms with Crippen molar-refractivity contribution in [1.82, 2.24) is 10.3 Å². The number of carbonyl (C=O) groups is 1. The summed E-state index contributed by atoms with van der Waals surface area (Å²) in [4.78, 5) is 17.4. The van der Waals surface area contributed by atoms with Gasteiger partial charge >= 0.3 is 0 Å². The van der Waals surface area contributed by atoms with Crippen LogP contribution in [0.5, 0.6) is 0 Å². The topological polar surface area (TPSA) is 74.2 Å². The van der Waals surface area contributed by atoms with Gasteiger partial charge in [-0.25, -0.2) is 4.98 Å². The van der Waals surface area contributed by atoms with Crippen LogP contribution >= 0.6 is 11.3 Å². The zero-order valence-corrected chi connectivity index (χ0v) is 12.3. The van der Waals surface area contributed by atoms with Gasteiger partial charge in [0.1, 0.15) is 0 Å². The number of thiazole rings is 1. The van der Waals surface area contributed by atoms with Gasteiger partial charge in [-0.3, -0.25) is 4.79 Å². The van der Waals surface area contributed by atoms with Crippen molar-refractivity contribution in [3.05, 3.63) is 47.0 Å². The molecule has 3 N–H and O–H groups in total. The quantitative estimate of drug-likeness (QED) is 0.798. The molecule has 0 bridgehead atoms. The number of aliphatic hydroxyl groups excluding tert-OH is 1. The SMILES string of the molecule is O=C(Nc1ncc(Cc2ccccc2)s1)C1CC(O)CN1. The normalized spacial score (nSPS) is 21.4. The molecule has 1 aliphatic heterocycles. The summed E-state index contributed by atoms with van der Waals surface area (Å²) in [7, 11) is 0. The molecule has 1 saturated heterocycles. The molecule has 1 aromatic carbocycles. The minimum absolute atomic E-state index is 0.132. The molecule has 0 spiro atoms. The van der Waals surface area contributed by atoms with Gasteiger partial charge in [-0.1, -0.05) is 30.3 Å². The Labute approximate surface area is 127 Å². The highest BCUT2D eigenvalue weighted by Crippen LogP contribution is 2.21. The third kappa shape index (κ3) is 3.66. The Morgan fingerprint density at radius 3 is 2.95 bits per heavy atom. The van der Waals surface area contributed by atoms with Crippen LogP contribution in [0.1, 0.15) is 16.9 Å². The van der Waals surface area contributed by atoms with E-state index in [2.05, 4.69) is 27.8 Å². The van der Waals surface area contributed by atoms with E-state index in [0.29, 0.717) is 18.1 Å². The number of aliphatic hydroxyl groups is 1. The fourth-order valence-electron chi connectivity index (χ4n) is 2.35. The minimum atomic E-state index is -0.439. The molecule has 3 rings (SSSR count). The van der Waals surface area contributed by atoms with Gasteiger partial charge in [-0.15, -0.1) is 11.3 Å². The average Bonchev–Trinajstić information content (AvgIpc) is 3.09. The summed E-state index contributed by atoms with van der Waals surface area (Å²) in [6.07, 6.45) is 2.62. The molecule has 110 valence electrons. The van der Waals surface area contributed by atoms with E-state index in [1.54, 1.807) is 6.20 Å². The number of carbonyl (C=O) groups excluding carboxylic acids is 1. The highest BCUT2D eigenvalue weighted by atomic mass is 32.1. The van der Waals surface area contributed by atoms with Crippen molar-refractivity contribution in [3.8, 4) is 0 Å². The lowest BCUT2D eigenvalue weighted by Crippen LogP contribution is -2.35. The zero-order valence-electron chi connectivity index (χ0n) is 11.5. The van der Waals surface area contributed by atoms with E-state index in [-0.39, 0.29) is 11.9 Å². The first kappa shape index (κ1) is 14.2. The summed E-state index contributed by atoms with van der Waals surface area (Å²) in [5.74, 6) is -0.132. The number of amides is 1. The molecule has 2 unspecified atom stereocenters.